The number of anilines is 1. The van der Waals surface area contributed by atoms with E-state index in [1.54, 1.807) is 35.6 Å². The van der Waals surface area contributed by atoms with Crippen molar-refractivity contribution in [3.8, 4) is 16.3 Å². The molecule has 1 unspecified atom stereocenters. The van der Waals surface area contributed by atoms with Gasteiger partial charge in [0.05, 0.1) is 34.3 Å². The number of sulfonamides is 1. The number of carbonyl (C=O) groups excluding carboxylic acids is 2. The summed E-state index contributed by atoms with van der Waals surface area (Å²) in [4.78, 5) is 33.0. The second-order valence-corrected chi connectivity index (χ2v) is 13.9. The van der Waals surface area contributed by atoms with Crippen molar-refractivity contribution in [2.45, 2.75) is 56.4 Å². The lowest BCUT2D eigenvalue weighted by molar-refractivity contribution is -0.122. The van der Waals surface area contributed by atoms with E-state index in [1.807, 2.05) is 31.2 Å². The molecule has 10 heteroatoms. The number of rotatable bonds is 9. The van der Waals surface area contributed by atoms with Crippen LogP contribution in [-0.2, 0) is 19.6 Å². The fourth-order valence-electron chi connectivity index (χ4n) is 5.73. The Morgan fingerprint density at radius 3 is 2.49 bits per heavy atom. The van der Waals surface area contributed by atoms with Crippen molar-refractivity contribution in [2.75, 3.05) is 18.6 Å². The van der Waals surface area contributed by atoms with Gasteiger partial charge in [0, 0.05) is 12.1 Å². The number of allylic oxidation sites excluding steroid dienone is 1. The molecule has 1 atom stereocenters. The first kappa shape index (κ1) is 29.2. The van der Waals surface area contributed by atoms with Crippen LogP contribution in [-0.4, -0.2) is 49.2 Å². The first-order valence-electron chi connectivity index (χ1n) is 14.4. The second-order valence-electron chi connectivity index (χ2n) is 11.0. The molecule has 1 aliphatic carbocycles. The monoisotopic (exact) mass is 615 g/mol. The van der Waals surface area contributed by atoms with Crippen LogP contribution in [0.2, 0.25) is 0 Å². The van der Waals surface area contributed by atoms with E-state index in [0.717, 1.165) is 56.9 Å². The van der Waals surface area contributed by atoms with E-state index < -0.39 is 27.9 Å². The number of carbonyl (C=O) groups is 2. The van der Waals surface area contributed by atoms with E-state index in [2.05, 4.69) is 12.1 Å². The molecule has 2 amide bonds. The predicted octanol–water partition coefficient (Wildman–Crippen LogP) is 6.49. The molecular weight excluding hydrogens is 583 g/mol. The minimum Gasteiger partial charge on any atom is -0.497 e. The van der Waals surface area contributed by atoms with Gasteiger partial charge in [-0.05, 0) is 105 Å². The molecule has 0 spiro atoms. The number of hydrogen-bond donors (Lipinski definition) is 0. The Hall–Kier alpha value is -3.86. The van der Waals surface area contributed by atoms with Gasteiger partial charge in [-0.15, -0.1) is 11.3 Å². The lowest BCUT2D eigenvalue weighted by Crippen LogP contribution is -2.46. The molecule has 1 fully saturated rings. The number of ether oxygens (including phenoxy) is 1. The third kappa shape index (κ3) is 5.87. The molecule has 0 radical (unpaired) electrons. The molecule has 1 aromatic heterocycles. The van der Waals surface area contributed by atoms with Crippen LogP contribution >= 0.6 is 11.3 Å². The van der Waals surface area contributed by atoms with E-state index in [-0.39, 0.29) is 17.9 Å². The molecule has 8 nitrogen and oxygen atoms in total. The number of methoxy groups -OCH3 is 1. The van der Waals surface area contributed by atoms with Crippen molar-refractivity contribution >= 4 is 49.1 Å². The summed E-state index contributed by atoms with van der Waals surface area (Å²) in [6.45, 7) is 2.16. The van der Waals surface area contributed by atoms with Gasteiger partial charge in [-0.2, -0.15) is 4.31 Å². The zero-order valence-electron chi connectivity index (χ0n) is 24.2. The molecule has 2 heterocycles. The summed E-state index contributed by atoms with van der Waals surface area (Å²) in [5, 5.41) is 0.845. The minimum absolute atomic E-state index is 0.0556. The van der Waals surface area contributed by atoms with Crippen LogP contribution in [0.3, 0.4) is 0 Å². The van der Waals surface area contributed by atoms with E-state index in [1.165, 1.54) is 29.1 Å². The summed E-state index contributed by atoms with van der Waals surface area (Å²) in [6, 6.07) is 18.2. The van der Waals surface area contributed by atoms with Crippen molar-refractivity contribution in [1.29, 1.82) is 0 Å². The van der Waals surface area contributed by atoms with Crippen LogP contribution in [0, 0.1) is 6.92 Å². The van der Waals surface area contributed by atoms with E-state index in [4.69, 9.17) is 9.72 Å². The molecule has 222 valence electrons. The van der Waals surface area contributed by atoms with E-state index >= 15 is 0 Å². The third-order valence-corrected chi connectivity index (χ3v) is 11.1. The molecule has 2 aliphatic rings. The van der Waals surface area contributed by atoms with Crippen molar-refractivity contribution in [1.82, 2.24) is 9.29 Å². The van der Waals surface area contributed by atoms with E-state index in [9.17, 15) is 18.0 Å². The molecule has 6 rings (SSSR count). The average molecular weight is 616 g/mol. The third-order valence-electron chi connectivity index (χ3n) is 8.09. The number of aromatic nitrogens is 1. The van der Waals surface area contributed by atoms with Gasteiger partial charge in [-0.25, -0.2) is 18.3 Å². The van der Waals surface area contributed by atoms with Crippen molar-refractivity contribution < 1.29 is 22.7 Å². The minimum atomic E-state index is -4.09. The first-order valence-corrected chi connectivity index (χ1v) is 16.7. The van der Waals surface area contributed by atoms with Gasteiger partial charge in [0.25, 0.3) is 5.91 Å². The van der Waals surface area contributed by atoms with Crippen molar-refractivity contribution in [3.63, 3.8) is 0 Å². The topological polar surface area (TPSA) is 96.9 Å². The largest absolute Gasteiger partial charge is 0.497 e. The molecule has 0 bridgehead atoms. The molecule has 0 N–H and O–H groups in total. The molecule has 1 aliphatic heterocycles. The van der Waals surface area contributed by atoms with Gasteiger partial charge in [0.2, 0.25) is 15.9 Å². The van der Waals surface area contributed by atoms with Crippen LogP contribution in [0.15, 0.2) is 83.3 Å². The van der Waals surface area contributed by atoms with Gasteiger partial charge in [0.1, 0.15) is 16.8 Å². The molecular formula is C33H33N3O5S2. The summed E-state index contributed by atoms with van der Waals surface area (Å²) >= 11 is 1.58. The van der Waals surface area contributed by atoms with Crippen LogP contribution < -0.4 is 9.64 Å². The summed E-state index contributed by atoms with van der Waals surface area (Å²) in [5.41, 5.74) is 4.56. The molecule has 4 aromatic rings. The van der Waals surface area contributed by atoms with Crippen molar-refractivity contribution in [3.05, 3.63) is 83.9 Å². The van der Waals surface area contributed by atoms with Gasteiger partial charge >= 0.3 is 0 Å². The zero-order valence-corrected chi connectivity index (χ0v) is 25.8. The van der Waals surface area contributed by atoms with Crippen molar-refractivity contribution in [2.24, 2.45) is 0 Å². The number of benzene rings is 3. The van der Waals surface area contributed by atoms with Crippen LogP contribution in [0.4, 0.5) is 5.69 Å². The summed E-state index contributed by atoms with van der Waals surface area (Å²) < 4.78 is 35.4. The molecule has 43 heavy (non-hydrogen) atoms. The average Bonchev–Trinajstić information content (AvgIpc) is 3.57. The second kappa shape index (κ2) is 12.0. The smallest absolute Gasteiger partial charge is 0.252 e. The Balaban J connectivity index is 1.28. The number of imide groups is 1. The highest BCUT2D eigenvalue weighted by Gasteiger charge is 2.46. The number of aryl methyl sites for hydroxylation is 1. The Kier molecular flexibility index (Phi) is 8.17. The fourth-order valence-corrected chi connectivity index (χ4v) is 8.38. The van der Waals surface area contributed by atoms with Gasteiger partial charge in [-0.3, -0.25) is 9.59 Å². The Morgan fingerprint density at radius 1 is 1.02 bits per heavy atom. The lowest BCUT2D eigenvalue weighted by atomic mass is 9.97. The van der Waals surface area contributed by atoms with Crippen LogP contribution in [0.1, 0.15) is 44.1 Å². The molecule has 0 saturated carbocycles. The zero-order chi connectivity index (χ0) is 30.1. The number of nitrogens with zero attached hydrogens (tertiary/aromatic N) is 3. The van der Waals surface area contributed by atoms with Crippen LogP contribution in [0.25, 0.3) is 20.8 Å². The highest BCUT2D eigenvalue weighted by Crippen LogP contribution is 2.34. The number of fused-ring (bicyclic) bond motifs is 1. The maximum absolute atomic E-state index is 14.0. The quantitative estimate of drug-likeness (QED) is 0.158. The first-order chi connectivity index (χ1) is 20.7. The van der Waals surface area contributed by atoms with Crippen LogP contribution in [0.5, 0.6) is 5.75 Å². The standard InChI is InChI=1S/C33H33N3O5S2/c1-22-8-17-28-30(20-22)42-32(34-28)24-9-11-25(12-10-24)36-31(37)21-29(33(36)38)35(19-18-23-6-4-3-5-7-23)43(39,40)27-15-13-26(41-2)14-16-27/h6,8-17,20,29H,3-5,7,18-19,21H2,1-2H3. The molecule has 1 saturated heterocycles. The number of hydrogen-bond acceptors (Lipinski definition) is 7. The Labute approximate surface area is 255 Å². The Morgan fingerprint density at radius 2 is 1.79 bits per heavy atom. The van der Waals surface area contributed by atoms with Gasteiger partial charge in [0.15, 0.2) is 0 Å². The predicted molar refractivity (Wildman–Crippen MR) is 169 cm³/mol. The molecule has 3 aromatic carbocycles. The highest BCUT2D eigenvalue weighted by molar-refractivity contribution is 7.89. The summed E-state index contributed by atoms with van der Waals surface area (Å²) in [7, 11) is -2.58. The lowest BCUT2D eigenvalue weighted by Gasteiger charge is -2.28. The summed E-state index contributed by atoms with van der Waals surface area (Å²) in [5.74, 6) is -0.437. The SMILES string of the molecule is COc1ccc(S(=O)(=O)N(CCC2=CCCCC2)C2CC(=O)N(c3ccc(-c4nc5ccc(C)cc5s4)cc3)C2=O)cc1. The maximum atomic E-state index is 14.0. The highest BCUT2D eigenvalue weighted by atomic mass is 32.2. The van der Waals surface area contributed by atoms with Gasteiger partial charge in [-0.1, -0.05) is 17.7 Å². The van der Waals surface area contributed by atoms with E-state index in [0.29, 0.717) is 17.9 Å². The Bertz CT molecular complexity index is 1810. The summed E-state index contributed by atoms with van der Waals surface area (Å²) in [6.07, 6.45) is 6.56. The van der Waals surface area contributed by atoms with Gasteiger partial charge < -0.3 is 4.74 Å². The fraction of sp³-hybridized carbons (Fsp3) is 0.303. The number of thiazole rings is 1. The maximum Gasteiger partial charge on any atom is 0.252 e. The normalized spacial score (nSPS) is 17.6. The number of amides is 2.